The average Bonchev–Trinajstić information content (AvgIpc) is 3.49. The van der Waals surface area contributed by atoms with Crippen LogP contribution in [-0.2, 0) is 10.8 Å². The van der Waals surface area contributed by atoms with Crippen LogP contribution in [0, 0.1) is 0 Å². The fourth-order valence-electron chi connectivity index (χ4n) is 9.16. The zero-order valence-electron chi connectivity index (χ0n) is 31.8. The van der Waals surface area contributed by atoms with Gasteiger partial charge in [-0.05, 0) is 102 Å². The van der Waals surface area contributed by atoms with Crippen LogP contribution in [-0.4, -0.2) is 23.4 Å². The Kier molecular flexibility index (Phi) is 10.2. The zero-order chi connectivity index (χ0) is 35.8. The summed E-state index contributed by atoms with van der Waals surface area (Å²) in [5, 5.41) is 6.30. The van der Waals surface area contributed by atoms with E-state index in [0.29, 0.717) is 0 Å². The molecule has 0 radical (unpaired) electrons. The lowest BCUT2D eigenvalue weighted by Gasteiger charge is -2.27. The summed E-state index contributed by atoms with van der Waals surface area (Å²) in [7, 11) is 0. The van der Waals surface area contributed by atoms with Crippen LogP contribution in [0.5, 0.6) is 0 Å². The number of hydrogen-bond donors (Lipinski definition) is 0. The van der Waals surface area contributed by atoms with Gasteiger partial charge in [-0.1, -0.05) is 125 Å². The second kappa shape index (κ2) is 14.6. The Bertz CT molecular complexity index is 2120. The molecule has 0 unspecified atom stereocenters. The van der Waals surface area contributed by atoms with Gasteiger partial charge in [-0.15, -0.1) is 0 Å². The van der Waals surface area contributed by atoms with Crippen LogP contribution >= 0.6 is 11.6 Å². The van der Waals surface area contributed by atoms with Crippen LogP contribution in [0.3, 0.4) is 0 Å². The minimum atomic E-state index is -0.113. The predicted molar refractivity (Wildman–Crippen MR) is 222 cm³/mol. The van der Waals surface area contributed by atoms with Crippen molar-refractivity contribution in [1.82, 2.24) is 0 Å². The number of rotatable bonds is 11. The predicted octanol–water partition coefficient (Wildman–Crippen LogP) is 13.6. The number of hydrogen-bond acceptors (Lipinski definition) is 1. The number of unbranched alkanes of at least 4 members (excludes halogenated alkanes) is 4. The highest BCUT2D eigenvalue weighted by atomic mass is 35.5. The first kappa shape index (κ1) is 35.5. The van der Waals surface area contributed by atoms with Crippen molar-refractivity contribution < 1.29 is 4.58 Å². The van der Waals surface area contributed by atoms with Gasteiger partial charge in [0.1, 0.15) is 6.54 Å². The summed E-state index contributed by atoms with van der Waals surface area (Å²) in [4.78, 5) is 2.60. The van der Waals surface area contributed by atoms with Gasteiger partial charge < -0.3 is 4.90 Å². The van der Waals surface area contributed by atoms with Crippen molar-refractivity contribution in [2.75, 3.05) is 18.0 Å². The van der Waals surface area contributed by atoms with Crippen molar-refractivity contribution in [2.45, 2.75) is 110 Å². The summed E-state index contributed by atoms with van der Waals surface area (Å²) in [6.45, 7) is 16.3. The van der Waals surface area contributed by atoms with Crippen LogP contribution in [0.15, 0.2) is 119 Å². The van der Waals surface area contributed by atoms with E-state index in [4.69, 9.17) is 11.6 Å². The molecule has 0 bridgehead atoms. The number of anilines is 1. The Morgan fingerprint density at radius 3 is 2.10 bits per heavy atom. The molecular formula is C48H56ClN2+. The van der Waals surface area contributed by atoms with Gasteiger partial charge in [-0.3, -0.25) is 0 Å². The third-order valence-corrected chi connectivity index (χ3v) is 12.3. The number of fused-ring (bicyclic) bond motifs is 6. The van der Waals surface area contributed by atoms with Crippen LogP contribution in [0.2, 0.25) is 0 Å². The first-order valence-corrected chi connectivity index (χ1v) is 20.0. The third-order valence-electron chi connectivity index (χ3n) is 11.8. The zero-order valence-corrected chi connectivity index (χ0v) is 32.5. The Labute approximate surface area is 311 Å². The van der Waals surface area contributed by atoms with E-state index < -0.39 is 0 Å². The highest BCUT2D eigenvalue weighted by Crippen LogP contribution is 2.51. The molecule has 2 nitrogen and oxygen atoms in total. The average molecular weight is 696 g/mol. The van der Waals surface area contributed by atoms with Gasteiger partial charge in [0, 0.05) is 52.5 Å². The molecule has 3 heteroatoms. The summed E-state index contributed by atoms with van der Waals surface area (Å²) in [6, 6.07) is 27.1. The molecule has 0 fully saturated rings. The number of halogens is 1. The van der Waals surface area contributed by atoms with E-state index in [1.807, 2.05) is 0 Å². The summed E-state index contributed by atoms with van der Waals surface area (Å²) >= 11 is 7.37. The van der Waals surface area contributed by atoms with E-state index in [1.54, 1.807) is 0 Å². The number of allylic oxidation sites excluding steroid dienone is 8. The Hall–Kier alpha value is -3.88. The van der Waals surface area contributed by atoms with Gasteiger partial charge in [0.2, 0.25) is 5.69 Å². The van der Waals surface area contributed by atoms with Crippen molar-refractivity contribution in [2.24, 2.45) is 0 Å². The van der Waals surface area contributed by atoms with Gasteiger partial charge >= 0.3 is 0 Å². The fourth-order valence-corrected chi connectivity index (χ4v) is 9.47. The third kappa shape index (κ3) is 6.43. The van der Waals surface area contributed by atoms with Crippen LogP contribution in [0.4, 0.5) is 11.4 Å². The van der Waals surface area contributed by atoms with Gasteiger partial charge in [0.25, 0.3) is 0 Å². The van der Waals surface area contributed by atoms with E-state index in [9.17, 15) is 0 Å². The lowest BCUT2D eigenvalue weighted by atomic mass is 9.78. The topological polar surface area (TPSA) is 6.25 Å². The molecule has 0 spiro atoms. The van der Waals surface area contributed by atoms with E-state index >= 15 is 0 Å². The van der Waals surface area contributed by atoms with Crippen molar-refractivity contribution in [1.29, 1.82) is 0 Å². The monoisotopic (exact) mass is 695 g/mol. The van der Waals surface area contributed by atoms with Crippen LogP contribution in [0.1, 0.15) is 110 Å². The molecule has 1 aliphatic carbocycles. The lowest BCUT2D eigenvalue weighted by Crippen LogP contribution is -2.28. The minimum Gasteiger partial charge on any atom is -0.344 e. The second-order valence-electron chi connectivity index (χ2n) is 16.0. The van der Waals surface area contributed by atoms with E-state index in [-0.39, 0.29) is 10.8 Å². The largest absolute Gasteiger partial charge is 0.344 e. The second-order valence-corrected chi connectivity index (χ2v) is 16.4. The van der Waals surface area contributed by atoms with Crippen LogP contribution < -0.4 is 4.90 Å². The normalized spacial score (nSPS) is 19.8. The van der Waals surface area contributed by atoms with E-state index in [2.05, 4.69) is 148 Å². The highest BCUT2D eigenvalue weighted by molar-refractivity contribution is 6.32. The summed E-state index contributed by atoms with van der Waals surface area (Å²) in [6.07, 6.45) is 19.9. The molecule has 0 N–H and O–H groups in total. The highest BCUT2D eigenvalue weighted by Gasteiger charge is 2.45. The molecule has 0 amide bonds. The first-order valence-electron chi connectivity index (χ1n) is 19.6. The maximum absolute atomic E-state index is 7.37. The maximum atomic E-state index is 7.37. The Balaban J connectivity index is 1.25. The molecule has 7 rings (SSSR count). The van der Waals surface area contributed by atoms with Gasteiger partial charge in [-0.2, -0.15) is 4.58 Å². The molecule has 51 heavy (non-hydrogen) atoms. The molecule has 4 aromatic carbocycles. The Morgan fingerprint density at radius 1 is 0.706 bits per heavy atom. The van der Waals surface area contributed by atoms with Crippen LogP contribution in [0.25, 0.3) is 21.5 Å². The molecule has 0 atom stereocenters. The number of nitrogens with zero attached hydrogens (tertiary/aromatic N) is 2. The molecule has 0 saturated heterocycles. The Morgan fingerprint density at radius 2 is 1.37 bits per heavy atom. The van der Waals surface area contributed by atoms with Gasteiger partial charge in [0.15, 0.2) is 5.71 Å². The summed E-state index contributed by atoms with van der Waals surface area (Å²) in [5.41, 5.74) is 10.7. The van der Waals surface area contributed by atoms with Crippen molar-refractivity contribution in [3.8, 4) is 0 Å². The van der Waals surface area contributed by atoms with Gasteiger partial charge in [-0.25, -0.2) is 0 Å². The van der Waals surface area contributed by atoms with Crippen molar-refractivity contribution in [3.05, 3.63) is 130 Å². The maximum Gasteiger partial charge on any atom is 0.210 e. The van der Waals surface area contributed by atoms with E-state index in [1.165, 1.54) is 105 Å². The van der Waals surface area contributed by atoms with Gasteiger partial charge in [0.05, 0.1) is 5.41 Å². The molecule has 264 valence electrons. The SMILES string of the molecule is CCCCCN1C(=CC=C2CCCC(C=CC3=[N+](CCCCC)c4ccc5ccccc5c4C3(C)C)=C2Cl)C(C)(C)c2c1ccc1ccccc21. The molecule has 4 aromatic rings. The molecule has 0 aromatic heterocycles. The standard InChI is InChI=1S/C48H56ClN2/c1-7-9-15-32-50-40-28-24-34-18-11-13-22-38(34)44(40)47(3,4)42(50)30-26-36-20-17-21-37(46(36)49)27-31-43-48(5,6)45-39-23-14-12-19-35(39)25-29-41(45)51(43)33-16-10-8-2/h11-14,18-19,22-31H,7-10,15-17,20-21,32-33H2,1-6H3/q+1. The summed E-state index contributed by atoms with van der Waals surface area (Å²) in [5.74, 6) is 0. The molecule has 2 aliphatic heterocycles. The molecule has 3 aliphatic rings. The molecule has 0 saturated carbocycles. The minimum absolute atomic E-state index is 0.113. The molecular weight excluding hydrogens is 640 g/mol. The quantitative estimate of drug-likeness (QED) is 0.112. The van der Waals surface area contributed by atoms with E-state index in [0.717, 1.165) is 37.4 Å². The molecule has 2 heterocycles. The smallest absolute Gasteiger partial charge is 0.210 e. The fraction of sp³-hybridized carbons (Fsp3) is 0.396. The first-order chi connectivity index (χ1) is 24.7. The van der Waals surface area contributed by atoms with Crippen molar-refractivity contribution in [3.63, 3.8) is 0 Å². The number of benzene rings is 4. The summed E-state index contributed by atoms with van der Waals surface area (Å²) < 4.78 is 2.60. The lowest BCUT2D eigenvalue weighted by molar-refractivity contribution is -0.438. The van der Waals surface area contributed by atoms with Crippen molar-refractivity contribution >= 4 is 50.2 Å².